The van der Waals surface area contributed by atoms with Crippen LogP contribution in [0, 0.1) is 0 Å². The molecule has 1 heterocycles. The fourth-order valence-corrected chi connectivity index (χ4v) is 2.69. The van der Waals surface area contributed by atoms with E-state index in [9.17, 15) is 4.79 Å². The molecule has 0 saturated heterocycles. The van der Waals surface area contributed by atoms with Crippen LogP contribution < -0.4 is 20.7 Å². The number of fused-ring (bicyclic) bond motifs is 1. The highest BCUT2D eigenvalue weighted by molar-refractivity contribution is 5.94. The summed E-state index contributed by atoms with van der Waals surface area (Å²) >= 11 is 0. The third-order valence-corrected chi connectivity index (χ3v) is 3.91. The molecule has 1 aliphatic heterocycles. The number of benzene rings is 2. The minimum absolute atomic E-state index is 0.0640. The molecule has 2 aromatic carbocycles. The molecule has 3 N–H and O–H groups in total. The van der Waals surface area contributed by atoms with Crippen LogP contribution in [0.4, 0.5) is 5.69 Å². The molecule has 0 bridgehead atoms. The van der Waals surface area contributed by atoms with Gasteiger partial charge in [0.25, 0.3) is 0 Å². The van der Waals surface area contributed by atoms with Crippen LogP contribution in [0.2, 0.25) is 0 Å². The maximum atomic E-state index is 12.0. The topological polar surface area (TPSA) is 74.8 Å². The van der Waals surface area contributed by atoms with Crippen LogP contribution in [0.3, 0.4) is 0 Å². The maximum absolute atomic E-state index is 12.0. The molecule has 0 fully saturated rings. The van der Waals surface area contributed by atoms with Crippen LogP contribution in [0.15, 0.2) is 59.6 Å². The maximum Gasteiger partial charge on any atom is 0.243 e. The monoisotopic (exact) mass is 338 g/mol. The second-order valence-corrected chi connectivity index (χ2v) is 5.77. The normalized spacial score (nSPS) is 15.9. The minimum atomic E-state index is -0.126. The van der Waals surface area contributed by atoms with Crippen molar-refractivity contribution < 1.29 is 9.53 Å². The van der Waals surface area contributed by atoms with Crippen molar-refractivity contribution in [3.05, 3.63) is 60.2 Å². The van der Waals surface area contributed by atoms with Crippen molar-refractivity contribution in [2.45, 2.75) is 12.5 Å². The van der Waals surface area contributed by atoms with Crippen molar-refractivity contribution in [2.75, 3.05) is 25.5 Å². The van der Waals surface area contributed by atoms with Gasteiger partial charge in [-0.25, -0.2) is 0 Å². The molecule has 130 valence electrons. The summed E-state index contributed by atoms with van der Waals surface area (Å²) in [6.45, 7) is 0.759. The van der Waals surface area contributed by atoms with E-state index in [0.717, 1.165) is 17.9 Å². The number of anilines is 1. The van der Waals surface area contributed by atoms with E-state index in [-0.39, 0.29) is 18.6 Å². The fourth-order valence-electron chi connectivity index (χ4n) is 2.69. The predicted molar refractivity (Wildman–Crippen MR) is 99.0 cm³/mol. The summed E-state index contributed by atoms with van der Waals surface area (Å²) in [5.74, 6) is 1.39. The zero-order valence-corrected chi connectivity index (χ0v) is 14.2. The first-order chi connectivity index (χ1) is 12.2. The molecule has 1 aliphatic rings. The van der Waals surface area contributed by atoms with E-state index in [1.54, 1.807) is 7.05 Å². The second kappa shape index (κ2) is 8.19. The van der Waals surface area contributed by atoms with Gasteiger partial charge in [-0.05, 0) is 23.8 Å². The van der Waals surface area contributed by atoms with Crippen molar-refractivity contribution in [1.82, 2.24) is 10.6 Å². The highest BCUT2D eigenvalue weighted by Gasteiger charge is 2.22. The number of nitrogens with zero attached hydrogens (tertiary/aromatic N) is 1. The van der Waals surface area contributed by atoms with Crippen LogP contribution in [0.5, 0.6) is 5.75 Å². The van der Waals surface area contributed by atoms with Crippen molar-refractivity contribution in [2.24, 2.45) is 4.99 Å². The van der Waals surface area contributed by atoms with Crippen LogP contribution >= 0.6 is 0 Å². The highest BCUT2D eigenvalue weighted by Crippen LogP contribution is 2.27. The van der Waals surface area contributed by atoms with Crippen molar-refractivity contribution in [3.8, 4) is 5.75 Å². The Bertz CT molecular complexity index is 721. The molecule has 25 heavy (non-hydrogen) atoms. The fraction of sp³-hybridized carbons (Fsp3) is 0.263. The van der Waals surface area contributed by atoms with Gasteiger partial charge in [0.1, 0.15) is 11.9 Å². The number of carbonyl (C=O) groups excluding carboxylic acids is 1. The third-order valence-electron chi connectivity index (χ3n) is 3.91. The van der Waals surface area contributed by atoms with E-state index < -0.39 is 0 Å². The van der Waals surface area contributed by atoms with Crippen molar-refractivity contribution in [1.29, 1.82) is 0 Å². The molecule has 0 spiro atoms. The third kappa shape index (κ3) is 4.73. The average Bonchev–Trinajstić information content (AvgIpc) is 3.05. The first-order valence-corrected chi connectivity index (χ1v) is 8.28. The largest absolute Gasteiger partial charge is 0.488 e. The van der Waals surface area contributed by atoms with Gasteiger partial charge in [-0.15, -0.1) is 0 Å². The molecule has 0 aromatic heterocycles. The molecule has 6 heteroatoms. The van der Waals surface area contributed by atoms with E-state index in [4.69, 9.17) is 4.74 Å². The lowest BCUT2D eigenvalue weighted by atomic mass is 10.1. The number of aliphatic imine (C=N–C) groups is 1. The number of guanidine groups is 1. The molecule has 3 rings (SSSR count). The van der Waals surface area contributed by atoms with Gasteiger partial charge in [0.15, 0.2) is 5.96 Å². The number of hydrogen-bond acceptors (Lipinski definition) is 3. The second-order valence-electron chi connectivity index (χ2n) is 5.77. The molecular weight excluding hydrogens is 316 g/mol. The Labute approximate surface area is 147 Å². The van der Waals surface area contributed by atoms with Gasteiger partial charge in [0.2, 0.25) is 5.91 Å². The lowest BCUT2D eigenvalue weighted by molar-refractivity contribution is -0.115. The van der Waals surface area contributed by atoms with E-state index in [2.05, 4.69) is 27.0 Å². The quantitative estimate of drug-likeness (QED) is 0.574. The van der Waals surface area contributed by atoms with Gasteiger partial charge in [-0.2, -0.15) is 0 Å². The van der Waals surface area contributed by atoms with Gasteiger partial charge >= 0.3 is 0 Å². The van der Waals surface area contributed by atoms with E-state index in [0.29, 0.717) is 12.5 Å². The van der Waals surface area contributed by atoms with E-state index in [1.807, 2.05) is 48.5 Å². The molecule has 1 atom stereocenters. The lowest BCUT2D eigenvalue weighted by Gasteiger charge is -2.15. The van der Waals surface area contributed by atoms with Gasteiger partial charge in [0.05, 0.1) is 13.1 Å². The van der Waals surface area contributed by atoms with Crippen molar-refractivity contribution in [3.63, 3.8) is 0 Å². The van der Waals surface area contributed by atoms with Crippen LogP contribution in [-0.4, -0.2) is 38.1 Å². The summed E-state index contributed by atoms with van der Waals surface area (Å²) in [7, 11) is 1.68. The van der Waals surface area contributed by atoms with Gasteiger partial charge < -0.3 is 20.7 Å². The lowest BCUT2D eigenvalue weighted by Crippen LogP contribution is -2.44. The number of hydrogen-bond donors (Lipinski definition) is 3. The zero-order chi connectivity index (χ0) is 17.5. The summed E-state index contributed by atoms with van der Waals surface area (Å²) in [4.78, 5) is 16.1. The Balaban J connectivity index is 1.41. The molecule has 1 unspecified atom stereocenters. The Kier molecular flexibility index (Phi) is 5.51. The summed E-state index contributed by atoms with van der Waals surface area (Å²) in [5.41, 5.74) is 1.99. The highest BCUT2D eigenvalue weighted by atomic mass is 16.5. The van der Waals surface area contributed by atoms with Crippen LogP contribution in [0.1, 0.15) is 5.56 Å². The molecule has 0 radical (unpaired) electrons. The van der Waals surface area contributed by atoms with Gasteiger partial charge in [-0.3, -0.25) is 9.79 Å². The molecular formula is C19H22N4O2. The number of nitrogens with one attached hydrogen (secondary N) is 3. The Morgan fingerprint density at radius 2 is 1.88 bits per heavy atom. The van der Waals surface area contributed by atoms with Gasteiger partial charge in [-0.1, -0.05) is 36.4 Å². The number of amides is 1. The summed E-state index contributed by atoms with van der Waals surface area (Å²) in [6.07, 6.45) is 0.934. The first kappa shape index (κ1) is 16.8. The molecule has 0 saturated carbocycles. The number of para-hydroxylation sites is 2. The number of rotatable bonds is 5. The predicted octanol–water partition coefficient (Wildman–Crippen LogP) is 1.79. The molecule has 1 amide bonds. The van der Waals surface area contributed by atoms with Gasteiger partial charge in [0, 0.05) is 19.2 Å². The van der Waals surface area contributed by atoms with Crippen molar-refractivity contribution >= 4 is 17.6 Å². The number of ether oxygens (including phenoxy) is 1. The van der Waals surface area contributed by atoms with E-state index in [1.165, 1.54) is 5.56 Å². The molecule has 0 aliphatic carbocycles. The Morgan fingerprint density at radius 3 is 2.64 bits per heavy atom. The SMILES string of the molecule is CN=C(NCC(=O)Nc1ccccc1)NCC1Cc2ccccc2O1. The number of carbonyl (C=O) groups is 1. The smallest absolute Gasteiger partial charge is 0.243 e. The van der Waals surface area contributed by atoms with Crippen LogP contribution in [0.25, 0.3) is 0 Å². The summed E-state index contributed by atoms with van der Waals surface area (Å²) in [6, 6.07) is 17.4. The summed E-state index contributed by atoms with van der Waals surface area (Å²) in [5, 5.41) is 9.03. The minimum Gasteiger partial charge on any atom is -0.488 e. The Morgan fingerprint density at radius 1 is 1.12 bits per heavy atom. The average molecular weight is 338 g/mol. The summed E-state index contributed by atoms with van der Waals surface area (Å²) < 4.78 is 5.88. The standard InChI is InChI=1S/C19H22N4O2/c1-20-19(22-13-18(24)23-15-8-3-2-4-9-15)21-12-16-11-14-7-5-6-10-17(14)25-16/h2-10,16H,11-13H2,1H3,(H,23,24)(H2,20,21,22). The Hall–Kier alpha value is -3.02. The zero-order valence-electron chi connectivity index (χ0n) is 14.2. The van der Waals surface area contributed by atoms with Crippen LogP contribution in [-0.2, 0) is 11.2 Å². The molecule has 2 aromatic rings. The molecule has 6 nitrogen and oxygen atoms in total. The first-order valence-electron chi connectivity index (χ1n) is 8.28. The van der Waals surface area contributed by atoms with E-state index >= 15 is 0 Å².